The number of nitrogens with one attached hydrogen (secondary N) is 2. The highest BCUT2D eigenvalue weighted by atomic mass is 32.2. The molecule has 1 saturated carbocycles. The summed E-state index contributed by atoms with van der Waals surface area (Å²) in [6.07, 6.45) is 2.01. The second kappa shape index (κ2) is 6.02. The number of sulfone groups is 1. The zero-order valence-corrected chi connectivity index (χ0v) is 12.3. The third-order valence-corrected chi connectivity index (χ3v) is 5.64. The second-order valence-electron chi connectivity index (χ2n) is 5.75. The molecule has 0 atom stereocenters. The van der Waals surface area contributed by atoms with E-state index in [2.05, 4.69) is 10.6 Å². The van der Waals surface area contributed by atoms with E-state index in [-0.39, 0.29) is 17.6 Å². The van der Waals surface area contributed by atoms with Gasteiger partial charge in [0.05, 0.1) is 10.5 Å². The molecule has 5 nitrogen and oxygen atoms in total. The molecule has 18 heavy (non-hydrogen) atoms. The van der Waals surface area contributed by atoms with Crippen LogP contribution in [-0.4, -0.2) is 44.5 Å². The minimum absolute atomic E-state index is 0.124. The molecular weight excluding hydrogens is 252 g/mol. The van der Waals surface area contributed by atoms with Gasteiger partial charge in [0, 0.05) is 25.6 Å². The van der Waals surface area contributed by atoms with Crippen LogP contribution in [0.15, 0.2) is 0 Å². The molecule has 0 saturated heterocycles. The van der Waals surface area contributed by atoms with Crippen LogP contribution >= 0.6 is 0 Å². The summed E-state index contributed by atoms with van der Waals surface area (Å²) in [6.45, 7) is 6.72. The lowest BCUT2D eigenvalue weighted by Crippen LogP contribution is -2.37. The Bertz CT molecular complexity index is 381. The van der Waals surface area contributed by atoms with Crippen molar-refractivity contribution in [2.45, 2.75) is 38.4 Å². The predicted octanol–water partition coefficient (Wildman–Crippen LogP) is 0.316. The number of carbonyl (C=O) groups excluding carboxylic acids is 1. The number of rotatable bonds is 7. The molecule has 0 aliphatic heterocycles. The Morgan fingerprint density at radius 1 is 1.17 bits per heavy atom. The van der Waals surface area contributed by atoms with E-state index in [4.69, 9.17) is 0 Å². The highest BCUT2D eigenvalue weighted by Crippen LogP contribution is 2.28. The van der Waals surface area contributed by atoms with Crippen molar-refractivity contribution in [1.29, 1.82) is 0 Å². The summed E-state index contributed by atoms with van der Waals surface area (Å²) in [5, 5.41) is 5.86. The van der Waals surface area contributed by atoms with Gasteiger partial charge >= 0.3 is 0 Å². The molecule has 106 valence electrons. The molecule has 0 aromatic heterocycles. The fraction of sp³-hybridized carbons (Fsp3) is 0.917. The maximum absolute atomic E-state index is 11.8. The minimum Gasteiger partial charge on any atom is -0.355 e. The summed E-state index contributed by atoms with van der Waals surface area (Å²) in [5.74, 6) is 0.484. The number of amides is 1. The molecule has 1 aliphatic carbocycles. The molecule has 1 amide bonds. The first-order chi connectivity index (χ1) is 8.24. The first-order valence-electron chi connectivity index (χ1n) is 6.45. The van der Waals surface area contributed by atoms with Crippen LogP contribution in [0, 0.1) is 5.92 Å². The van der Waals surface area contributed by atoms with Crippen molar-refractivity contribution in [3.63, 3.8) is 0 Å². The fourth-order valence-electron chi connectivity index (χ4n) is 1.40. The van der Waals surface area contributed by atoms with Gasteiger partial charge in [0.2, 0.25) is 5.91 Å². The zero-order valence-electron chi connectivity index (χ0n) is 11.5. The average Bonchev–Trinajstić information content (AvgIpc) is 3.04. The van der Waals surface area contributed by atoms with Crippen molar-refractivity contribution >= 4 is 15.7 Å². The molecule has 6 heteroatoms. The van der Waals surface area contributed by atoms with Gasteiger partial charge in [-0.05, 0) is 33.6 Å². The van der Waals surface area contributed by atoms with E-state index in [1.807, 2.05) is 0 Å². The Morgan fingerprint density at radius 2 is 1.78 bits per heavy atom. The van der Waals surface area contributed by atoms with Crippen molar-refractivity contribution in [3.8, 4) is 0 Å². The minimum atomic E-state index is -3.05. The van der Waals surface area contributed by atoms with Gasteiger partial charge in [-0.2, -0.15) is 0 Å². The molecule has 0 bridgehead atoms. The molecule has 1 rings (SSSR count). The molecule has 0 heterocycles. The highest BCUT2D eigenvalue weighted by molar-refractivity contribution is 7.92. The Labute approximate surface area is 110 Å². The lowest BCUT2D eigenvalue weighted by Gasteiger charge is -2.19. The van der Waals surface area contributed by atoms with Crippen molar-refractivity contribution < 1.29 is 13.2 Å². The maximum atomic E-state index is 11.8. The average molecular weight is 276 g/mol. The standard InChI is InChI=1S/C12H24N2O3S/c1-12(2,3)18(16,17)9-8-13-6-7-14-11(15)10-4-5-10/h10,13H,4-9H2,1-3H3,(H,14,15). The molecule has 0 radical (unpaired) electrons. The molecule has 0 aromatic carbocycles. The monoisotopic (exact) mass is 276 g/mol. The van der Waals surface area contributed by atoms with Gasteiger partial charge in [-0.15, -0.1) is 0 Å². The zero-order chi connectivity index (χ0) is 13.8. The second-order valence-corrected chi connectivity index (χ2v) is 8.61. The Morgan fingerprint density at radius 3 is 2.28 bits per heavy atom. The fourth-order valence-corrected chi connectivity index (χ4v) is 2.43. The molecule has 0 aromatic rings. The summed E-state index contributed by atoms with van der Waals surface area (Å²) in [6, 6.07) is 0. The van der Waals surface area contributed by atoms with E-state index in [0.29, 0.717) is 19.6 Å². The molecule has 0 spiro atoms. The van der Waals surface area contributed by atoms with Crippen molar-refractivity contribution in [2.24, 2.45) is 5.92 Å². The Hall–Kier alpha value is -0.620. The van der Waals surface area contributed by atoms with Crippen LogP contribution in [0.2, 0.25) is 0 Å². The first-order valence-corrected chi connectivity index (χ1v) is 8.10. The Balaban J connectivity index is 2.06. The van der Waals surface area contributed by atoms with Gasteiger partial charge in [0.25, 0.3) is 0 Å². The van der Waals surface area contributed by atoms with Crippen LogP contribution < -0.4 is 10.6 Å². The third kappa shape index (κ3) is 4.94. The smallest absolute Gasteiger partial charge is 0.223 e. The molecule has 0 unspecified atom stereocenters. The van der Waals surface area contributed by atoms with Crippen LogP contribution in [-0.2, 0) is 14.6 Å². The van der Waals surface area contributed by atoms with Gasteiger partial charge in [0.1, 0.15) is 0 Å². The summed E-state index contributed by atoms with van der Waals surface area (Å²) < 4.78 is 22.9. The van der Waals surface area contributed by atoms with E-state index in [0.717, 1.165) is 12.8 Å². The molecule has 1 aliphatic rings. The van der Waals surface area contributed by atoms with E-state index in [1.54, 1.807) is 20.8 Å². The summed E-state index contributed by atoms with van der Waals surface area (Å²) >= 11 is 0. The third-order valence-electron chi connectivity index (χ3n) is 3.03. The van der Waals surface area contributed by atoms with Gasteiger partial charge in [0.15, 0.2) is 9.84 Å². The summed E-state index contributed by atoms with van der Waals surface area (Å²) in [7, 11) is -3.05. The molecular formula is C12H24N2O3S. The summed E-state index contributed by atoms with van der Waals surface area (Å²) in [4.78, 5) is 11.3. The molecule has 2 N–H and O–H groups in total. The largest absolute Gasteiger partial charge is 0.355 e. The van der Waals surface area contributed by atoms with Crippen molar-refractivity contribution in [3.05, 3.63) is 0 Å². The van der Waals surface area contributed by atoms with Crippen LogP contribution in [0.5, 0.6) is 0 Å². The van der Waals surface area contributed by atoms with Crippen molar-refractivity contribution in [2.75, 3.05) is 25.4 Å². The SMILES string of the molecule is CC(C)(C)S(=O)(=O)CCNCCNC(=O)C1CC1. The summed E-state index contributed by atoms with van der Waals surface area (Å²) in [5.41, 5.74) is 0. The lowest BCUT2D eigenvalue weighted by molar-refractivity contribution is -0.122. The van der Waals surface area contributed by atoms with Gasteiger partial charge in [-0.1, -0.05) is 0 Å². The van der Waals surface area contributed by atoms with Crippen LogP contribution in [0.1, 0.15) is 33.6 Å². The topological polar surface area (TPSA) is 75.3 Å². The number of hydrogen-bond acceptors (Lipinski definition) is 4. The van der Waals surface area contributed by atoms with E-state index in [9.17, 15) is 13.2 Å². The van der Waals surface area contributed by atoms with E-state index in [1.165, 1.54) is 0 Å². The van der Waals surface area contributed by atoms with Crippen LogP contribution in [0.3, 0.4) is 0 Å². The van der Waals surface area contributed by atoms with Gasteiger partial charge in [-0.3, -0.25) is 4.79 Å². The van der Waals surface area contributed by atoms with E-state index < -0.39 is 14.6 Å². The predicted molar refractivity (Wildman–Crippen MR) is 72.1 cm³/mol. The highest BCUT2D eigenvalue weighted by Gasteiger charge is 2.29. The lowest BCUT2D eigenvalue weighted by atomic mass is 10.3. The van der Waals surface area contributed by atoms with Gasteiger partial charge < -0.3 is 10.6 Å². The number of carbonyl (C=O) groups is 1. The maximum Gasteiger partial charge on any atom is 0.223 e. The van der Waals surface area contributed by atoms with Crippen LogP contribution in [0.4, 0.5) is 0 Å². The van der Waals surface area contributed by atoms with Gasteiger partial charge in [-0.25, -0.2) is 8.42 Å². The Kier molecular flexibility index (Phi) is 5.16. The number of hydrogen-bond donors (Lipinski definition) is 2. The quantitative estimate of drug-likeness (QED) is 0.657. The van der Waals surface area contributed by atoms with E-state index >= 15 is 0 Å². The first kappa shape index (κ1) is 15.4. The van der Waals surface area contributed by atoms with Crippen LogP contribution in [0.25, 0.3) is 0 Å². The molecule has 1 fully saturated rings. The van der Waals surface area contributed by atoms with Crippen molar-refractivity contribution in [1.82, 2.24) is 10.6 Å². The normalized spacial score (nSPS) is 16.6.